The normalized spacial score (nSPS) is 9.50. The number of rotatable bonds is 3. The van der Waals surface area contributed by atoms with Crippen LogP contribution in [0.2, 0.25) is 0 Å². The molecule has 4 nitrogen and oxygen atoms in total. The summed E-state index contributed by atoms with van der Waals surface area (Å²) >= 11 is 0. The van der Waals surface area contributed by atoms with Crippen LogP contribution in [-0.2, 0) is 4.79 Å². The zero-order valence-corrected chi connectivity index (χ0v) is 7.07. The number of carbonyl (C=O) groups is 1. The van der Waals surface area contributed by atoms with Crippen LogP contribution in [0.25, 0.3) is 0 Å². The van der Waals surface area contributed by atoms with E-state index in [1.807, 2.05) is 6.92 Å². The third kappa shape index (κ3) is 2.02. The minimum atomic E-state index is 0.0268. The second-order valence-corrected chi connectivity index (χ2v) is 2.38. The van der Waals surface area contributed by atoms with Crippen molar-refractivity contribution in [3.63, 3.8) is 0 Å². The van der Waals surface area contributed by atoms with E-state index in [2.05, 4.69) is 9.97 Å². The average Bonchev–Trinajstić information content (AvgIpc) is 2.07. The van der Waals surface area contributed by atoms with Gasteiger partial charge in [-0.25, -0.2) is 4.98 Å². The van der Waals surface area contributed by atoms with Gasteiger partial charge in [0.1, 0.15) is 6.61 Å². The Morgan fingerprint density at radius 2 is 2.33 bits per heavy atom. The van der Waals surface area contributed by atoms with Crippen LogP contribution < -0.4 is 4.74 Å². The van der Waals surface area contributed by atoms with Gasteiger partial charge in [0, 0.05) is 6.20 Å². The summed E-state index contributed by atoms with van der Waals surface area (Å²) in [6.45, 7) is 3.63. The second kappa shape index (κ2) is 3.80. The summed E-state index contributed by atoms with van der Waals surface area (Å²) in [5.41, 5.74) is 1.48. The van der Waals surface area contributed by atoms with Gasteiger partial charge in [-0.15, -0.1) is 0 Å². The molecule has 1 rings (SSSR count). The van der Waals surface area contributed by atoms with Crippen molar-refractivity contribution >= 4 is 6.29 Å². The minimum Gasteiger partial charge on any atom is -0.469 e. The number of carbonyl (C=O) groups excluding carboxylic acids is 1. The van der Waals surface area contributed by atoms with E-state index >= 15 is 0 Å². The highest BCUT2D eigenvalue weighted by atomic mass is 16.5. The van der Waals surface area contributed by atoms with Crippen molar-refractivity contribution in [1.82, 2.24) is 9.97 Å². The van der Waals surface area contributed by atoms with Gasteiger partial charge in [0.2, 0.25) is 5.88 Å². The summed E-state index contributed by atoms with van der Waals surface area (Å²) in [5.74, 6) is 0.433. The van der Waals surface area contributed by atoms with E-state index in [0.29, 0.717) is 17.9 Å². The van der Waals surface area contributed by atoms with Gasteiger partial charge >= 0.3 is 0 Å². The lowest BCUT2D eigenvalue weighted by molar-refractivity contribution is -0.109. The van der Waals surface area contributed by atoms with Gasteiger partial charge in [-0.05, 0) is 13.8 Å². The van der Waals surface area contributed by atoms with Crippen molar-refractivity contribution in [2.24, 2.45) is 0 Å². The minimum absolute atomic E-state index is 0.0268. The Hall–Kier alpha value is -1.45. The molecule has 0 bridgehead atoms. The molecule has 0 saturated heterocycles. The zero-order chi connectivity index (χ0) is 8.97. The van der Waals surface area contributed by atoms with Crippen molar-refractivity contribution in [2.45, 2.75) is 13.8 Å². The first-order valence-electron chi connectivity index (χ1n) is 3.60. The third-order valence-electron chi connectivity index (χ3n) is 1.32. The Balaban J connectivity index is 2.82. The van der Waals surface area contributed by atoms with Crippen molar-refractivity contribution in [3.05, 3.63) is 17.6 Å². The van der Waals surface area contributed by atoms with Gasteiger partial charge in [-0.2, -0.15) is 0 Å². The van der Waals surface area contributed by atoms with E-state index in [0.717, 1.165) is 5.69 Å². The predicted octanol–water partition coefficient (Wildman–Crippen LogP) is 0.671. The Morgan fingerprint density at radius 3 is 3.00 bits per heavy atom. The maximum Gasteiger partial charge on any atom is 0.235 e. The summed E-state index contributed by atoms with van der Waals surface area (Å²) in [5, 5.41) is 0. The molecule has 1 aromatic heterocycles. The molecule has 0 N–H and O–H groups in total. The standard InChI is InChI=1S/C8H10N2O2/c1-6-5-9-7(2)8(10-6)12-4-3-11/h3,5H,4H2,1-2H3. The average molecular weight is 166 g/mol. The molecule has 0 spiro atoms. The van der Waals surface area contributed by atoms with E-state index in [9.17, 15) is 4.79 Å². The van der Waals surface area contributed by atoms with Crippen LogP contribution in [0.15, 0.2) is 6.20 Å². The van der Waals surface area contributed by atoms with Gasteiger partial charge in [0.25, 0.3) is 0 Å². The Morgan fingerprint density at radius 1 is 1.58 bits per heavy atom. The fourth-order valence-electron chi connectivity index (χ4n) is 0.765. The molecule has 0 aliphatic rings. The predicted molar refractivity (Wildman–Crippen MR) is 43.1 cm³/mol. The van der Waals surface area contributed by atoms with E-state index in [4.69, 9.17) is 4.74 Å². The maximum absolute atomic E-state index is 10.0. The summed E-state index contributed by atoms with van der Waals surface area (Å²) in [6, 6.07) is 0. The number of nitrogens with zero attached hydrogens (tertiary/aromatic N) is 2. The number of hydrogen-bond donors (Lipinski definition) is 0. The molecule has 0 aliphatic carbocycles. The maximum atomic E-state index is 10.0. The van der Waals surface area contributed by atoms with Crippen molar-refractivity contribution < 1.29 is 9.53 Å². The van der Waals surface area contributed by atoms with Crippen LogP contribution in [0.3, 0.4) is 0 Å². The SMILES string of the molecule is Cc1cnc(C)c(OCC=O)n1. The Kier molecular flexibility index (Phi) is 2.74. The molecule has 0 aromatic carbocycles. The molecular formula is C8H10N2O2. The molecule has 1 aromatic rings. The quantitative estimate of drug-likeness (QED) is 0.619. The first-order chi connectivity index (χ1) is 5.74. The molecule has 4 heteroatoms. The highest BCUT2D eigenvalue weighted by molar-refractivity contribution is 5.51. The second-order valence-electron chi connectivity index (χ2n) is 2.38. The van der Waals surface area contributed by atoms with Crippen LogP contribution >= 0.6 is 0 Å². The topological polar surface area (TPSA) is 52.1 Å². The first kappa shape index (κ1) is 8.64. The number of hydrogen-bond acceptors (Lipinski definition) is 4. The van der Waals surface area contributed by atoms with Crippen LogP contribution in [0.4, 0.5) is 0 Å². The summed E-state index contributed by atoms with van der Waals surface area (Å²) in [7, 11) is 0. The Labute approximate surface area is 70.6 Å². The summed E-state index contributed by atoms with van der Waals surface area (Å²) < 4.78 is 5.03. The molecule has 1 heterocycles. The fraction of sp³-hybridized carbons (Fsp3) is 0.375. The lowest BCUT2D eigenvalue weighted by atomic mass is 10.4. The highest BCUT2D eigenvalue weighted by Crippen LogP contribution is 2.10. The van der Waals surface area contributed by atoms with E-state index in [-0.39, 0.29) is 6.61 Å². The summed E-state index contributed by atoms with van der Waals surface area (Å²) in [6.07, 6.45) is 2.34. The molecule has 64 valence electrons. The Bertz CT molecular complexity index is 286. The molecular weight excluding hydrogens is 156 g/mol. The van der Waals surface area contributed by atoms with E-state index in [1.165, 1.54) is 0 Å². The largest absolute Gasteiger partial charge is 0.469 e. The van der Waals surface area contributed by atoms with Crippen LogP contribution in [-0.4, -0.2) is 22.9 Å². The van der Waals surface area contributed by atoms with Gasteiger partial charge in [-0.1, -0.05) is 0 Å². The molecule has 0 fully saturated rings. The number of ether oxygens (including phenoxy) is 1. The highest BCUT2D eigenvalue weighted by Gasteiger charge is 2.01. The lowest BCUT2D eigenvalue weighted by Gasteiger charge is -2.03. The van der Waals surface area contributed by atoms with Crippen LogP contribution in [0, 0.1) is 13.8 Å². The van der Waals surface area contributed by atoms with E-state index in [1.54, 1.807) is 13.1 Å². The molecule has 0 amide bonds. The van der Waals surface area contributed by atoms with Crippen LogP contribution in [0.1, 0.15) is 11.4 Å². The fourth-order valence-corrected chi connectivity index (χ4v) is 0.765. The monoisotopic (exact) mass is 166 g/mol. The smallest absolute Gasteiger partial charge is 0.235 e. The third-order valence-corrected chi connectivity index (χ3v) is 1.32. The summed E-state index contributed by atoms with van der Waals surface area (Å²) in [4.78, 5) is 18.1. The number of aryl methyl sites for hydroxylation is 2. The molecule has 0 aliphatic heterocycles. The van der Waals surface area contributed by atoms with Gasteiger partial charge in [0.15, 0.2) is 6.29 Å². The lowest BCUT2D eigenvalue weighted by Crippen LogP contribution is -2.03. The van der Waals surface area contributed by atoms with Crippen molar-refractivity contribution in [1.29, 1.82) is 0 Å². The number of aromatic nitrogens is 2. The van der Waals surface area contributed by atoms with Crippen molar-refractivity contribution in [2.75, 3.05) is 6.61 Å². The van der Waals surface area contributed by atoms with E-state index < -0.39 is 0 Å². The molecule has 12 heavy (non-hydrogen) atoms. The van der Waals surface area contributed by atoms with Gasteiger partial charge in [-0.3, -0.25) is 9.78 Å². The van der Waals surface area contributed by atoms with Gasteiger partial charge in [0.05, 0.1) is 11.4 Å². The molecule has 0 saturated carbocycles. The van der Waals surface area contributed by atoms with Crippen molar-refractivity contribution in [3.8, 4) is 5.88 Å². The zero-order valence-electron chi connectivity index (χ0n) is 7.07. The molecule has 0 radical (unpaired) electrons. The van der Waals surface area contributed by atoms with Crippen LogP contribution in [0.5, 0.6) is 5.88 Å². The number of aldehydes is 1. The molecule has 0 unspecified atom stereocenters. The first-order valence-corrected chi connectivity index (χ1v) is 3.60. The van der Waals surface area contributed by atoms with Gasteiger partial charge < -0.3 is 4.74 Å². The molecule has 0 atom stereocenters.